The zero-order valence-electron chi connectivity index (χ0n) is 9.64. The van der Waals surface area contributed by atoms with E-state index in [4.69, 9.17) is 4.74 Å². The van der Waals surface area contributed by atoms with Crippen LogP contribution in [0.1, 0.15) is 13.8 Å². The van der Waals surface area contributed by atoms with E-state index in [1.165, 1.54) is 12.1 Å². The molecule has 0 bridgehead atoms. The van der Waals surface area contributed by atoms with Crippen LogP contribution in [0.4, 0.5) is 5.69 Å². The number of nitro groups is 1. The molecule has 0 radical (unpaired) electrons. The van der Waals surface area contributed by atoms with Crippen LogP contribution in [0, 0.1) is 16.0 Å². The first kappa shape index (κ1) is 11.4. The van der Waals surface area contributed by atoms with Gasteiger partial charge in [-0.3, -0.25) is 15.2 Å². The summed E-state index contributed by atoms with van der Waals surface area (Å²) in [6, 6.07) is 4.53. The Labute approximate surface area is 97.7 Å². The smallest absolute Gasteiger partial charge is 0.270 e. The number of nitrogens with one attached hydrogen (secondary N) is 1. The van der Waals surface area contributed by atoms with Crippen LogP contribution in [0.3, 0.4) is 0 Å². The van der Waals surface area contributed by atoms with E-state index in [1.807, 2.05) is 13.8 Å². The molecule has 1 heterocycles. The summed E-state index contributed by atoms with van der Waals surface area (Å²) in [5.41, 5.74) is 0.766. The monoisotopic (exact) mass is 235 g/mol. The predicted octanol–water partition coefficient (Wildman–Crippen LogP) is 2.51. The molecule has 90 valence electrons. The number of non-ortho nitro benzene ring substituents is 1. The average molecular weight is 235 g/mol. The average Bonchev–Trinajstić information content (AvgIpc) is 2.68. The lowest BCUT2D eigenvalue weighted by Crippen LogP contribution is -2.04. The Balaban J connectivity index is 2.36. The molecule has 0 saturated heterocycles. The molecule has 2 aromatic rings. The van der Waals surface area contributed by atoms with E-state index < -0.39 is 4.92 Å². The van der Waals surface area contributed by atoms with Gasteiger partial charge >= 0.3 is 0 Å². The van der Waals surface area contributed by atoms with Crippen LogP contribution >= 0.6 is 0 Å². The van der Waals surface area contributed by atoms with E-state index in [9.17, 15) is 10.1 Å². The van der Waals surface area contributed by atoms with Gasteiger partial charge in [0.25, 0.3) is 5.69 Å². The SMILES string of the molecule is CC(C)COc1n[nH]c2ccc([N+](=O)[O-])cc12. The van der Waals surface area contributed by atoms with E-state index in [-0.39, 0.29) is 5.69 Å². The number of fused-ring (bicyclic) bond motifs is 1. The molecule has 0 saturated carbocycles. The van der Waals surface area contributed by atoms with Crippen molar-refractivity contribution in [1.29, 1.82) is 0 Å². The van der Waals surface area contributed by atoms with E-state index in [2.05, 4.69) is 10.2 Å². The topological polar surface area (TPSA) is 81.0 Å². The van der Waals surface area contributed by atoms with Crippen LogP contribution in [0.2, 0.25) is 0 Å². The van der Waals surface area contributed by atoms with Crippen molar-refractivity contribution in [3.05, 3.63) is 28.3 Å². The highest BCUT2D eigenvalue weighted by Crippen LogP contribution is 2.26. The number of benzene rings is 1. The molecule has 6 nitrogen and oxygen atoms in total. The molecule has 0 amide bonds. The normalized spacial score (nSPS) is 11.0. The van der Waals surface area contributed by atoms with Crippen LogP contribution in [-0.2, 0) is 0 Å². The highest BCUT2D eigenvalue weighted by Gasteiger charge is 2.12. The van der Waals surface area contributed by atoms with E-state index >= 15 is 0 Å². The van der Waals surface area contributed by atoms with Crippen molar-refractivity contribution in [2.24, 2.45) is 5.92 Å². The number of H-pyrrole nitrogens is 1. The summed E-state index contributed by atoms with van der Waals surface area (Å²) in [5.74, 6) is 0.790. The Bertz CT molecular complexity index is 548. The van der Waals surface area contributed by atoms with Gasteiger partial charge in [0, 0.05) is 12.1 Å². The largest absolute Gasteiger partial charge is 0.476 e. The summed E-state index contributed by atoms with van der Waals surface area (Å²) in [6.07, 6.45) is 0. The Morgan fingerprint density at radius 3 is 2.94 bits per heavy atom. The summed E-state index contributed by atoms with van der Waals surface area (Å²) in [5, 5.41) is 18.1. The van der Waals surface area contributed by atoms with Crippen LogP contribution in [0.5, 0.6) is 5.88 Å². The second kappa shape index (κ2) is 4.40. The number of hydrogen-bond acceptors (Lipinski definition) is 4. The van der Waals surface area contributed by atoms with Gasteiger partial charge in [-0.1, -0.05) is 13.8 Å². The molecular formula is C11H13N3O3. The molecule has 0 aliphatic rings. The van der Waals surface area contributed by atoms with Gasteiger partial charge in [0.05, 0.1) is 22.4 Å². The van der Waals surface area contributed by atoms with Crippen molar-refractivity contribution < 1.29 is 9.66 Å². The van der Waals surface area contributed by atoms with Crippen LogP contribution in [0.25, 0.3) is 10.9 Å². The number of rotatable bonds is 4. The van der Waals surface area contributed by atoms with Gasteiger partial charge in [0.1, 0.15) is 0 Å². The zero-order chi connectivity index (χ0) is 12.4. The van der Waals surface area contributed by atoms with Gasteiger partial charge < -0.3 is 4.74 Å². The molecule has 0 spiro atoms. The number of aromatic nitrogens is 2. The summed E-state index contributed by atoms with van der Waals surface area (Å²) >= 11 is 0. The van der Waals surface area contributed by atoms with Gasteiger partial charge in [-0.15, -0.1) is 5.10 Å². The van der Waals surface area contributed by atoms with E-state index in [0.717, 1.165) is 5.52 Å². The standard InChI is InChI=1S/C11H13N3O3/c1-7(2)6-17-11-9-5-8(14(15)16)3-4-10(9)12-13-11/h3-5,7H,6H2,1-2H3,(H,12,13). The van der Waals surface area contributed by atoms with Crippen molar-refractivity contribution in [3.63, 3.8) is 0 Å². The van der Waals surface area contributed by atoms with Gasteiger partial charge in [-0.2, -0.15) is 0 Å². The maximum absolute atomic E-state index is 10.7. The molecule has 1 N–H and O–H groups in total. The van der Waals surface area contributed by atoms with Gasteiger partial charge in [-0.25, -0.2) is 0 Å². The van der Waals surface area contributed by atoms with Crippen molar-refractivity contribution in [2.45, 2.75) is 13.8 Å². The van der Waals surface area contributed by atoms with Crippen molar-refractivity contribution in [2.75, 3.05) is 6.61 Å². The Hall–Kier alpha value is -2.11. The van der Waals surface area contributed by atoms with Gasteiger partial charge in [0.15, 0.2) is 0 Å². The fourth-order valence-electron chi connectivity index (χ4n) is 1.45. The highest BCUT2D eigenvalue weighted by atomic mass is 16.6. The fourth-order valence-corrected chi connectivity index (χ4v) is 1.45. The number of nitro benzene ring substituents is 1. The summed E-state index contributed by atoms with van der Waals surface area (Å²) in [4.78, 5) is 10.2. The second-order valence-electron chi connectivity index (χ2n) is 4.22. The first-order chi connectivity index (χ1) is 8.08. The van der Waals surface area contributed by atoms with Crippen molar-refractivity contribution in [1.82, 2.24) is 10.2 Å². The molecule has 6 heteroatoms. The Morgan fingerprint density at radius 1 is 1.53 bits per heavy atom. The minimum Gasteiger partial charge on any atom is -0.476 e. The molecule has 17 heavy (non-hydrogen) atoms. The zero-order valence-corrected chi connectivity index (χ0v) is 9.64. The highest BCUT2D eigenvalue weighted by molar-refractivity contribution is 5.86. The minimum atomic E-state index is -0.432. The molecule has 1 aromatic heterocycles. The number of nitrogens with zero attached hydrogens (tertiary/aromatic N) is 2. The van der Waals surface area contributed by atoms with Crippen LogP contribution < -0.4 is 4.74 Å². The summed E-state index contributed by atoms with van der Waals surface area (Å²) in [6.45, 7) is 4.58. The molecule has 0 unspecified atom stereocenters. The lowest BCUT2D eigenvalue weighted by Gasteiger charge is -2.05. The van der Waals surface area contributed by atoms with E-state index in [1.54, 1.807) is 6.07 Å². The quantitative estimate of drug-likeness (QED) is 0.652. The summed E-state index contributed by atoms with van der Waals surface area (Å²) in [7, 11) is 0. The molecule has 0 aliphatic heterocycles. The van der Waals surface area contributed by atoms with Crippen LogP contribution in [-0.4, -0.2) is 21.7 Å². The molecule has 2 rings (SSSR count). The molecule has 0 fully saturated rings. The number of aromatic amines is 1. The van der Waals surface area contributed by atoms with Crippen LogP contribution in [0.15, 0.2) is 18.2 Å². The van der Waals surface area contributed by atoms with Gasteiger partial charge in [0.2, 0.25) is 5.88 Å². The molecular weight excluding hydrogens is 222 g/mol. The first-order valence-corrected chi connectivity index (χ1v) is 5.33. The fraction of sp³-hybridized carbons (Fsp3) is 0.364. The molecule has 0 aliphatic carbocycles. The first-order valence-electron chi connectivity index (χ1n) is 5.33. The Morgan fingerprint density at radius 2 is 2.29 bits per heavy atom. The maximum atomic E-state index is 10.7. The third-order valence-electron chi connectivity index (χ3n) is 2.28. The van der Waals surface area contributed by atoms with E-state index in [0.29, 0.717) is 23.8 Å². The second-order valence-corrected chi connectivity index (χ2v) is 4.22. The Kier molecular flexibility index (Phi) is 2.95. The van der Waals surface area contributed by atoms with Crippen molar-refractivity contribution in [3.8, 4) is 5.88 Å². The number of ether oxygens (including phenoxy) is 1. The lowest BCUT2D eigenvalue weighted by atomic mass is 10.2. The third kappa shape index (κ3) is 2.35. The molecule has 0 atom stereocenters. The number of hydrogen-bond donors (Lipinski definition) is 1. The summed E-state index contributed by atoms with van der Waals surface area (Å²) < 4.78 is 5.49. The predicted molar refractivity (Wildman–Crippen MR) is 63.1 cm³/mol. The third-order valence-corrected chi connectivity index (χ3v) is 2.28. The maximum Gasteiger partial charge on any atom is 0.270 e. The molecule has 1 aromatic carbocycles. The minimum absolute atomic E-state index is 0.0355. The van der Waals surface area contributed by atoms with Gasteiger partial charge in [-0.05, 0) is 12.0 Å². The lowest BCUT2D eigenvalue weighted by molar-refractivity contribution is -0.384. The van der Waals surface area contributed by atoms with Crippen molar-refractivity contribution >= 4 is 16.6 Å².